The first-order valence-electron chi connectivity index (χ1n) is 10.5. The zero-order valence-electron chi connectivity index (χ0n) is 16.9. The number of hydrogen-bond acceptors (Lipinski definition) is 2. The van der Waals surface area contributed by atoms with Crippen LogP contribution >= 0.6 is 0 Å². The Morgan fingerprint density at radius 2 is 1.06 bits per heavy atom. The summed E-state index contributed by atoms with van der Waals surface area (Å²) < 4.78 is 0. The normalized spacial score (nSPS) is 13.4. The van der Waals surface area contributed by atoms with E-state index in [1.165, 1.54) is 33.4 Å². The summed E-state index contributed by atoms with van der Waals surface area (Å²) >= 11 is 0. The van der Waals surface area contributed by atoms with Gasteiger partial charge < -0.3 is 0 Å². The minimum Gasteiger partial charge on any atom is -0.244 e. The fourth-order valence-electron chi connectivity index (χ4n) is 5.07. The zero-order chi connectivity index (χ0) is 20.7. The van der Waals surface area contributed by atoms with Gasteiger partial charge in [-0.2, -0.15) is 0 Å². The lowest BCUT2D eigenvalue weighted by Gasteiger charge is -2.34. The summed E-state index contributed by atoms with van der Waals surface area (Å²) in [6.07, 6.45) is 5.33. The Labute approximate surface area is 181 Å². The molecule has 146 valence electrons. The lowest BCUT2D eigenvalue weighted by Crippen LogP contribution is -2.28. The van der Waals surface area contributed by atoms with Crippen molar-refractivity contribution in [1.29, 1.82) is 0 Å². The minimum atomic E-state index is -0.375. The summed E-state index contributed by atoms with van der Waals surface area (Å²) in [5.41, 5.74) is 9.52. The molecular formula is C29H20N2. The number of nitrogens with zero attached hydrogens (tertiary/aromatic N) is 2. The van der Waals surface area contributed by atoms with E-state index in [1.807, 2.05) is 12.4 Å². The monoisotopic (exact) mass is 396 g/mol. The van der Waals surface area contributed by atoms with Crippen molar-refractivity contribution < 1.29 is 0 Å². The standard InChI is InChI=1S/C29H20N2/c1-3-9-23(10-4-1)29(24-11-5-2-6-12-24)27-14-8-7-13-25(27)26-16-15-21(17-28(26)29)22-18-30-20-31-19-22/h1-20H. The van der Waals surface area contributed by atoms with E-state index in [9.17, 15) is 0 Å². The fraction of sp³-hybridized carbons (Fsp3) is 0.0345. The number of fused-ring (bicyclic) bond motifs is 3. The van der Waals surface area contributed by atoms with Gasteiger partial charge in [0.15, 0.2) is 0 Å². The largest absolute Gasteiger partial charge is 0.244 e. The van der Waals surface area contributed by atoms with Crippen LogP contribution in [-0.2, 0) is 5.41 Å². The molecule has 0 spiro atoms. The summed E-state index contributed by atoms with van der Waals surface area (Å²) in [4.78, 5) is 8.47. The van der Waals surface area contributed by atoms with Crippen molar-refractivity contribution in [2.24, 2.45) is 0 Å². The molecule has 1 aliphatic carbocycles. The van der Waals surface area contributed by atoms with E-state index < -0.39 is 0 Å². The molecule has 1 heterocycles. The molecule has 2 heteroatoms. The third kappa shape index (κ3) is 2.58. The maximum atomic E-state index is 4.24. The Hall–Kier alpha value is -4.04. The van der Waals surface area contributed by atoms with Crippen LogP contribution in [0, 0.1) is 0 Å². The quantitative estimate of drug-likeness (QED) is 0.341. The van der Waals surface area contributed by atoms with Gasteiger partial charge in [0.05, 0.1) is 5.41 Å². The first kappa shape index (κ1) is 17.8. The van der Waals surface area contributed by atoms with Gasteiger partial charge in [0.25, 0.3) is 0 Å². The van der Waals surface area contributed by atoms with Crippen LogP contribution in [0.2, 0.25) is 0 Å². The summed E-state index contributed by atoms with van der Waals surface area (Å²) in [5, 5.41) is 0. The van der Waals surface area contributed by atoms with Gasteiger partial charge in [0.2, 0.25) is 0 Å². The fourth-order valence-corrected chi connectivity index (χ4v) is 5.07. The Kier molecular flexibility index (Phi) is 4.03. The molecule has 1 aliphatic rings. The van der Waals surface area contributed by atoms with Gasteiger partial charge in [0, 0.05) is 18.0 Å². The molecule has 2 nitrogen and oxygen atoms in total. The van der Waals surface area contributed by atoms with Crippen molar-refractivity contribution in [3.8, 4) is 22.3 Å². The molecule has 0 amide bonds. The summed E-state index contributed by atoms with van der Waals surface area (Å²) in [5.74, 6) is 0. The summed E-state index contributed by atoms with van der Waals surface area (Å²) in [6.45, 7) is 0. The van der Waals surface area contributed by atoms with Crippen molar-refractivity contribution in [3.63, 3.8) is 0 Å². The maximum Gasteiger partial charge on any atom is 0.115 e. The van der Waals surface area contributed by atoms with Gasteiger partial charge in [-0.3, -0.25) is 0 Å². The molecule has 6 rings (SSSR count). The molecule has 0 bridgehead atoms. The van der Waals surface area contributed by atoms with E-state index in [0.717, 1.165) is 11.1 Å². The predicted octanol–water partition coefficient (Wildman–Crippen LogP) is 6.51. The van der Waals surface area contributed by atoms with Gasteiger partial charge in [-0.1, -0.05) is 97.1 Å². The molecule has 0 unspecified atom stereocenters. The average Bonchev–Trinajstić information content (AvgIpc) is 3.16. The highest BCUT2D eigenvalue weighted by Gasteiger charge is 2.45. The second-order valence-corrected chi connectivity index (χ2v) is 7.92. The van der Waals surface area contributed by atoms with E-state index in [-0.39, 0.29) is 5.41 Å². The molecule has 1 aromatic heterocycles. The van der Waals surface area contributed by atoms with Crippen LogP contribution in [0.3, 0.4) is 0 Å². The van der Waals surface area contributed by atoms with Crippen LogP contribution < -0.4 is 0 Å². The second-order valence-electron chi connectivity index (χ2n) is 7.92. The van der Waals surface area contributed by atoms with Gasteiger partial charge >= 0.3 is 0 Å². The molecule has 5 aromatic rings. The van der Waals surface area contributed by atoms with Crippen LogP contribution in [0.4, 0.5) is 0 Å². The molecule has 0 N–H and O–H groups in total. The second kappa shape index (κ2) is 7.03. The van der Waals surface area contributed by atoms with Gasteiger partial charge in [-0.15, -0.1) is 0 Å². The van der Waals surface area contributed by atoms with Crippen molar-refractivity contribution in [1.82, 2.24) is 9.97 Å². The summed E-state index contributed by atoms with van der Waals surface area (Å²) in [6, 6.07) is 37.3. The number of hydrogen-bond donors (Lipinski definition) is 0. The van der Waals surface area contributed by atoms with Crippen LogP contribution in [0.5, 0.6) is 0 Å². The molecule has 0 saturated carbocycles. The molecule has 4 aromatic carbocycles. The Balaban J connectivity index is 1.74. The lowest BCUT2D eigenvalue weighted by molar-refractivity contribution is 0.769. The molecule has 0 saturated heterocycles. The Morgan fingerprint density at radius 3 is 1.74 bits per heavy atom. The first-order valence-corrected chi connectivity index (χ1v) is 10.5. The van der Waals surface area contributed by atoms with E-state index >= 15 is 0 Å². The molecule has 0 fully saturated rings. The van der Waals surface area contributed by atoms with Crippen molar-refractivity contribution >= 4 is 0 Å². The number of benzene rings is 4. The average molecular weight is 396 g/mol. The lowest BCUT2D eigenvalue weighted by atomic mass is 9.67. The maximum absolute atomic E-state index is 4.24. The van der Waals surface area contributed by atoms with E-state index in [2.05, 4.69) is 113 Å². The minimum absolute atomic E-state index is 0.375. The SMILES string of the molecule is c1ccc(C2(c3ccccc3)c3ccccc3-c3ccc(-c4cncnc4)cc32)cc1. The highest BCUT2D eigenvalue weighted by atomic mass is 14.8. The van der Waals surface area contributed by atoms with E-state index in [4.69, 9.17) is 0 Å². The van der Waals surface area contributed by atoms with Gasteiger partial charge in [-0.25, -0.2) is 9.97 Å². The van der Waals surface area contributed by atoms with Crippen LogP contribution in [0.25, 0.3) is 22.3 Å². The van der Waals surface area contributed by atoms with Gasteiger partial charge in [-0.05, 0) is 45.0 Å². The highest BCUT2D eigenvalue weighted by molar-refractivity contribution is 5.88. The molecule has 0 aliphatic heterocycles. The predicted molar refractivity (Wildman–Crippen MR) is 125 cm³/mol. The highest BCUT2D eigenvalue weighted by Crippen LogP contribution is 2.56. The molecule has 31 heavy (non-hydrogen) atoms. The topological polar surface area (TPSA) is 25.8 Å². The third-order valence-corrected chi connectivity index (χ3v) is 6.35. The van der Waals surface area contributed by atoms with E-state index in [1.54, 1.807) is 6.33 Å². The number of aromatic nitrogens is 2. The van der Waals surface area contributed by atoms with Gasteiger partial charge in [0.1, 0.15) is 6.33 Å². The number of rotatable bonds is 3. The van der Waals surface area contributed by atoms with Crippen LogP contribution in [0.1, 0.15) is 22.3 Å². The van der Waals surface area contributed by atoms with Crippen LogP contribution in [-0.4, -0.2) is 9.97 Å². The zero-order valence-corrected chi connectivity index (χ0v) is 16.9. The first-order chi connectivity index (χ1) is 15.4. The van der Waals surface area contributed by atoms with Crippen molar-refractivity contribution in [2.75, 3.05) is 0 Å². The molecule has 0 atom stereocenters. The third-order valence-electron chi connectivity index (χ3n) is 6.35. The van der Waals surface area contributed by atoms with Crippen molar-refractivity contribution in [3.05, 3.63) is 144 Å². The molecular weight excluding hydrogens is 376 g/mol. The van der Waals surface area contributed by atoms with Crippen LogP contribution in [0.15, 0.2) is 122 Å². The van der Waals surface area contributed by atoms with E-state index in [0.29, 0.717) is 0 Å². The Bertz CT molecular complexity index is 1320. The molecule has 0 radical (unpaired) electrons. The Morgan fingerprint density at radius 1 is 0.484 bits per heavy atom. The summed E-state index contributed by atoms with van der Waals surface area (Å²) in [7, 11) is 0. The smallest absolute Gasteiger partial charge is 0.115 e. The van der Waals surface area contributed by atoms with Crippen molar-refractivity contribution in [2.45, 2.75) is 5.41 Å².